The second kappa shape index (κ2) is 12.0. The molecule has 4 fully saturated rings. The molecule has 9 atom stereocenters. The summed E-state index contributed by atoms with van der Waals surface area (Å²) in [4.78, 5) is 3.59. The van der Waals surface area contributed by atoms with Gasteiger partial charge in [-0.15, -0.1) is 0 Å². The standard InChI is InChI=1S/C22H42O4S4Se4Te/c1-14(23-27)5-18-9-22(32-18)10-19(6-15(2)24-28)33-35(22,12-21(34-35)8-17(4)26-30)11-20(31-13-35)7-16(3)25-29/h14-21,27-30H,5-13H2,1-4H3. The number of hydrogen-bond donors (Lipinski definition) is 4. The molecule has 9 unspecified atom stereocenters. The molecule has 0 saturated carbocycles. The number of thiol groups is 4. The molecule has 0 radical (unpaired) electrons. The third kappa shape index (κ3) is 5.61. The summed E-state index contributed by atoms with van der Waals surface area (Å²) in [6.07, 6.45) is 8.94. The number of rotatable bonds is 12. The van der Waals surface area contributed by atoms with Crippen molar-refractivity contribution >= 4 is 116 Å². The minimum atomic E-state index is -3.25. The van der Waals surface area contributed by atoms with Crippen molar-refractivity contribution in [1.82, 2.24) is 0 Å². The molecule has 4 saturated heterocycles. The summed E-state index contributed by atoms with van der Waals surface area (Å²) >= 11 is 19.9. The zero-order chi connectivity index (χ0) is 25.5. The summed E-state index contributed by atoms with van der Waals surface area (Å²) in [6, 6.07) is 0. The van der Waals surface area contributed by atoms with Gasteiger partial charge in [-0.1, -0.05) is 0 Å². The van der Waals surface area contributed by atoms with E-state index in [4.69, 9.17) is 16.7 Å². The van der Waals surface area contributed by atoms with Gasteiger partial charge in [0.15, 0.2) is 0 Å². The quantitative estimate of drug-likeness (QED) is 0.105. The van der Waals surface area contributed by atoms with Crippen molar-refractivity contribution in [3.63, 3.8) is 0 Å². The molecule has 4 aliphatic rings. The van der Waals surface area contributed by atoms with Crippen molar-refractivity contribution < 1.29 is 16.7 Å². The average molecular weight is 942 g/mol. The zero-order valence-corrected chi connectivity index (χ0v) is 33.7. The van der Waals surface area contributed by atoms with E-state index in [9.17, 15) is 0 Å². The van der Waals surface area contributed by atoms with Crippen LogP contribution in [0.2, 0.25) is 33.9 Å². The van der Waals surface area contributed by atoms with Crippen LogP contribution in [0.1, 0.15) is 66.2 Å². The number of hydrogen-bond acceptors (Lipinski definition) is 8. The second-order valence-corrected chi connectivity index (χ2v) is 84.9. The van der Waals surface area contributed by atoms with E-state index in [0.717, 1.165) is 75.1 Å². The van der Waals surface area contributed by atoms with Gasteiger partial charge in [-0.3, -0.25) is 0 Å². The first-order valence-electron chi connectivity index (χ1n) is 12.4. The van der Waals surface area contributed by atoms with Crippen molar-refractivity contribution in [3.8, 4) is 0 Å². The summed E-state index contributed by atoms with van der Waals surface area (Å²) in [5.74, 6) is 0. The Morgan fingerprint density at radius 2 is 1.09 bits per heavy atom. The van der Waals surface area contributed by atoms with E-state index in [1.54, 1.807) is 12.3 Å². The van der Waals surface area contributed by atoms with Crippen LogP contribution in [0.25, 0.3) is 0 Å². The van der Waals surface area contributed by atoms with E-state index in [0.29, 0.717) is 0 Å². The van der Waals surface area contributed by atoms with Gasteiger partial charge in [0.25, 0.3) is 0 Å². The molecule has 0 aromatic carbocycles. The Hall–Kier alpha value is 4.11. The van der Waals surface area contributed by atoms with Gasteiger partial charge in [0.2, 0.25) is 0 Å². The monoisotopic (exact) mass is 948 g/mol. The van der Waals surface area contributed by atoms with Gasteiger partial charge in [-0.05, 0) is 0 Å². The molecule has 4 aliphatic heterocycles. The molecule has 4 rings (SSSR count). The van der Waals surface area contributed by atoms with Crippen molar-refractivity contribution in [2.75, 3.05) is 0 Å². The van der Waals surface area contributed by atoms with Gasteiger partial charge in [-0.25, -0.2) is 0 Å². The van der Waals surface area contributed by atoms with Gasteiger partial charge in [0.1, 0.15) is 0 Å². The Balaban J connectivity index is 1.67. The zero-order valence-electron chi connectivity index (χ0n) is 20.9. The SMILES string of the molecule is CC(CC1C[Te]23(C[Se]1)(CC(CC(C)OS)[Se]2)[Se]C(CC(C)OS)CC31CC(CC(C)OS)[Se]1)OS. The summed E-state index contributed by atoms with van der Waals surface area (Å²) in [5.41, 5.74) is 0. The Kier molecular flexibility index (Phi) is 11.0. The first-order chi connectivity index (χ1) is 16.5. The van der Waals surface area contributed by atoms with E-state index in [2.05, 4.69) is 79.3 Å². The van der Waals surface area contributed by atoms with Gasteiger partial charge >= 0.3 is 257 Å². The Morgan fingerprint density at radius 3 is 1.60 bits per heavy atom. The Labute approximate surface area is 254 Å². The van der Waals surface area contributed by atoms with Gasteiger partial charge in [0.05, 0.1) is 0 Å². The molecule has 0 aliphatic carbocycles. The molecule has 2 spiro atoms. The van der Waals surface area contributed by atoms with Crippen molar-refractivity contribution in [3.05, 3.63) is 0 Å². The van der Waals surface area contributed by atoms with Gasteiger partial charge < -0.3 is 0 Å². The Morgan fingerprint density at radius 1 is 0.686 bits per heavy atom. The minimum absolute atomic E-state index is 0.260. The molecule has 0 bridgehead atoms. The van der Waals surface area contributed by atoms with E-state index < -0.39 is 11.0 Å². The normalized spacial score (nSPS) is 41.8. The fourth-order valence-corrected chi connectivity index (χ4v) is 182. The maximum absolute atomic E-state index is 5.53. The second-order valence-electron chi connectivity index (χ2n) is 11.3. The molecule has 4 heterocycles. The molecule has 0 aromatic heterocycles. The molecule has 4 nitrogen and oxygen atoms in total. The summed E-state index contributed by atoms with van der Waals surface area (Å²) in [6.45, 7) is 8.86. The molecule has 35 heavy (non-hydrogen) atoms. The predicted molar refractivity (Wildman–Crippen MR) is 167 cm³/mol. The molecule has 0 N–H and O–H groups in total. The van der Waals surface area contributed by atoms with E-state index in [1.165, 1.54) is 38.5 Å². The molecular formula is C22H42O4S4Se4Te. The van der Waals surface area contributed by atoms with Crippen LogP contribution in [0, 0.1) is 0 Å². The fraction of sp³-hybridized carbons (Fsp3) is 1.00. The molecule has 13 heteroatoms. The summed E-state index contributed by atoms with van der Waals surface area (Å²) in [7, 11) is -3.25. The molecule has 0 aromatic rings. The predicted octanol–water partition coefficient (Wildman–Crippen LogP) is 6.36. The van der Waals surface area contributed by atoms with Crippen molar-refractivity contribution in [1.29, 1.82) is 0 Å². The fourth-order valence-electron chi connectivity index (χ4n) is 7.04. The molecular weight excluding hydrogens is 900 g/mol. The summed E-state index contributed by atoms with van der Waals surface area (Å²) in [5, 5.41) is 0. The van der Waals surface area contributed by atoms with Crippen LogP contribution >= 0.6 is 51.6 Å². The van der Waals surface area contributed by atoms with Gasteiger partial charge in [0, 0.05) is 0 Å². The van der Waals surface area contributed by atoms with Gasteiger partial charge in [-0.2, -0.15) is 0 Å². The van der Waals surface area contributed by atoms with E-state index in [1.807, 2.05) is 0 Å². The third-order valence-electron chi connectivity index (χ3n) is 8.41. The average Bonchev–Trinajstić information content (AvgIpc) is 3.26. The van der Waals surface area contributed by atoms with E-state index >= 15 is 0 Å². The summed E-state index contributed by atoms with van der Waals surface area (Å²) < 4.78 is 27.6. The van der Waals surface area contributed by atoms with Crippen LogP contribution in [-0.2, 0) is 16.7 Å². The van der Waals surface area contributed by atoms with Crippen molar-refractivity contribution in [2.45, 2.75) is 125 Å². The van der Waals surface area contributed by atoms with Crippen molar-refractivity contribution in [2.24, 2.45) is 0 Å². The topological polar surface area (TPSA) is 36.9 Å². The molecule has 0 amide bonds. The van der Waals surface area contributed by atoms with Crippen LogP contribution in [0.5, 0.6) is 0 Å². The maximum atomic E-state index is 5.53. The van der Waals surface area contributed by atoms with Crippen LogP contribution in [0.15, 0.2) is 0 Å². The van der Waals surface area contributed by atoms with Crippen LogP contribution in [0.4, 0.5) is 0 Å². The van der Waals surface area contributed by atoms with Crippen LogP contribution in [-0.4, -0.2) is 88.9 Å². The van der Waals surface area contributed by atoms with Crippen LogP contribution in [0.3, 0.4) is 0 Å². The Bertz CT molecular complexity index is 768. The molecule has 208 valence electrons. The van der Waals surface area contributed by atoms with Crippen LogP contribution < -0.4 is 0 Å². The third-order valence-corrected chi connectivity index (χ3v) is 134. The first kappa shape index (κ1) is 32.0. The van der Waals surface area contributed by atoms with E-state index in [-0.39, 0.29) is 24.4 Å². The first-order valence-corrected chi connectivity index (χ1v) is 37.3.